The molecule has 1 heterocycles. The Balaban J connectivity index is 2.25. The van der Waals surface area contributed by atoms with Crippen molar-refractivity contribution in [3.8, 4) is 0 Å². The van der Waals surface area contributed by atoms with E-state index in [9.17, 15) is 13.6 Å². The van der Waals surface area contributed by atoms with Crippen molar-refractivity contribution < 1.29 is 13.6 Å². The summed E-state index contributed by atoms with van der Waals surface area (Å²) in [6.07, 6.45) is 1.47. The largest absolute Gasteiger partial charge is 0.306 e. The molecule has 1 amide bonds. The number of aromatic nitrogens is 1. The summed E-state index contributed by atoms with van der Waals surface area (Å²) in [6.45, 7) is 0. The van der Waals surface area contributed by atoms with Crippen molar-refractivity contribution in [1.82, 2.24) is 4.98 Å². The monoisotopic (exact) mass is 312 g/mol. The Morgan fingerprint density at radius 3 is 2.78 bits per heavy atom. The summed E-state index contributed by atoms with van der Waals surface area (Å²) in [5.74, 6) is -2.74. The number of benzene rings is 1. The number of anilines is 1. The van der Waals surface area contributed by atoms with Crippen LogP contribution in [0.25, 0.3) is 0 Å². The van der Waals surface area contributed by atoms with E-state index in [1.807, 2.05) is 0 Å². The zero-order valence-electron chi connectivity index (χ0n) is 8.95. The molecule has 0 saturated carbocycles. The minimum Gasteiger partial charge on any atom is -0.306 e. The van der Waals surface area contributed by atoms with Crippen molar-refractivity contribution in [3.05, 3.63) is 58.2 Å². The number of halogens is 3. The Morgan fingerprint density at radius 2 is 2.06 bits per heavy atom. The Bertz CT molecular complexity index is 604. The summed E-state index contributed by atoms with van der Waals surface area (Å²) >= 11 is 3.21. The predicted molar refractivity (Wildman–Crippen MR) is 66.2 cm³/mol. The molecule has 0 spiro atoms. The van der Waals surface area contributed by atoms with Gasteiger partial charge in [-0.15, -0.1) is 0 Å². The lowest BCUT2D eigenvalue weighted by atomic mass is 10.2. The molecule has 2 rings (SSSR count). The molecule has 0 aliphatic heterocycles. The number of nitrogens with one attached hydrogen (secondary N) is 1. The van der Waals surface area contributed by atoms with E-state index in [0.717, 1.165) is 6.07 Å². The molecule has 0 bridgehead atoms. The number of hydrogen-bond acceptors (Lipinski definition) is 2. The number of carbonyl (C=O) groups is 1. The molecule has 1 N–H and O–H groups in total. The summed E-state index contributed by atoms with van der Waals surface area (Å²) in [6, 6.07) is 6.64. The van der Waals surface area contributed by atoms with E-state index in [2.05, 4.69) is 26.2 Å². The van der Waals surface area contributed by atoms with E-state index in [4.69, 9.17) is 0 Å². The second-order valence-electron chi connectivity index (χ2n) is 3.41. The van der Waals surface area contributed by atoms with Gasteiger partial charge >= 0.3 is 0 Å². The quantitative estimate of drug-likeness (QED) is 0.923. The Hall–Kier alpha value is -1.82. The molecule has 6 heteroatoms. The van der Waals surface area contributed by atoms with Crippen LogP contribution in [0.4, 0.5) is 14.6 Å². The average Bonchev–Trinajstić information content (AvgIpc) is 2.32. The minimum atomic E-state index is -1.18. The van der Waals surface area contributed by atoms with Gasteiger partial charge in [0.1, 0.15) is 5.82 Å². The molecule has 1 aromatic carbocycles. The molecule has 0 fully saturated rings. The third-order valence-corrected chi connectivity index (χ3v) is 2.65. The third-order valence-electron chi connectivity index (χ3n) is 2.16. The highest BCUT2D eigenvalue weighted by Gasteiger charge is 2.15. The average molecular weight is 313 g/mol. The maximum absolute atomic E-state index is 13.4. The fraction of sp³-hybridized carbons (Fsp3) is 0. The van der Waals surface area contributed by atoms with Gasteiger partial charge in [0.25, 0.3) is 5.91 Å². The van der Waals surface area contributed by atoms with Crippen LogP contribution in [0.5, 0.6) is 0 Å². The molecule has 0 aliphatic rings. The maximum Gasteiger partial charge on any atom is 0.259 e. The van der Waals surface area contributed by atoms with Gasteiger partial charge in [0.15, 0.2) is 11.6 Å². The summed E-state index contributed by atoms with van der Waals surface area (Å²) in [5.41, 5.74) is -0.364. The smallest absolute Gasteiger partial charge is 0.259 e. The third kappa shape index (κ3) is 2.70. The topological polar surface area (TPSA) is 42.0 Å². The van der Waals surface area contributed by atoms with Crippen molar-refractivity contribution in [2.24, 2.45) is 0 Å². The van der Waals surface area contributed by atoms with Crippen LogP contribution in [0.3, 0.4) is 0 Å². The van der Waals surface area contributed by atoms with Gasteiger partial charge < -0.3 is 5.32 Å². The van der Waals surface area contributed by atoms with Crippen LogP contribution in [0.15, 0.2) is 41.0 Å². The lowest BCUT2D eigenvalue weighted by molar-refractivity contribution is 0.102. The zero-order valence-corrected chi connectivity index (χ0v) is 10.5. The zero-order chi connectivity index (χ0) is 13.1. The van der Waals surface area contributed by atoms with Crippen LogP contribution in [-0.4, -0.2) is 10.9 Å². The Labute approximate surface area is 110 Å². The molecule has 0 unspecified atom stereocenters. The van der Waals surface area contributed by atoms with Crippen molar-refractivity contribution in [3.63, 3.8) is 0 Å². The highest BCUT2D eigenvalue weighted by atomic mass is 79.9. The van der Waals surface area contributed by atoms with Crippen molar-refractivity contribution >= 4 is 27.7 Å². The van der Waals surface area contributed by atoms with Crippen LogP contribution in [0.2, 0.25) is 0 Å². The van der Waals surface area contributed by atoms with Gasteiger partial charge in [-0.1, -0.05) is 22.0 Å². The summed E-state index contributed by atoms with van der Waals surface area (Å²) in [4.78, 5) is 15.6. The first-order chi connectivity index (χ1) is 8.58. The van der Waals surface area contributed by atoms with Gasteiger partial charge in [-0.25, -0.2) is 13.8 Å². The van der Waals surface area contributed by atoms with Crippen LogP contribution in [0, 0.1) is 11.6 Å². The molecule has 2 aromatic rings. The lowest BCUT2D eigenvalue weighted by Crippen LogP contribution is -2.15. The number of pyridine rings is 1. The molecule has 3 nitrogen and oxygen atoms in total. The van der Waals surface area contributed by atoms with Gasteiger partial charge in [-0.3, -0.25) is 4.79 Å². The highest BCUT2D eigenvalue weighted by molar-refractivity contribution is 9.10. The number of hydrogen-bond donors (Lipinski definition) is 1. The van der Waals surface area contributed by atoms with Crippen molar-refractivity contribution in [1.29, 1.82) is 0 Å². The second-order valence-corrected chi connectivity index (χ2v) is 4.33. The van der Waals surface area contributed by atoms with Gasteiger partial charge in [0.2, 0.25) is 0 Å². The fourth-order valence-corrected chi connectivity index (χ4v) is 1.67. The van der Waals surface area contributed by atoms with Crippen LogP contribution >= 0.6 is 15.9 Å². The van der Waals surface area contributed by atoms with Gasteiger partial charge in [0, 0.05) is 10.7 Å². The molecular formula is C12H7BrF2N2O. The molecule has 92 valence electrons. The fourth-order valence-electron chi connectivity index (χ4n) is 1.34. The Kier molecular flexibility index (Phi) is 3.66. The maximum atomic E-state index is 13.4. The van der Waals surface area contributed by atoms with Gasteiger partial charge in [0.05, 0.1) is 5.56 Å². The van der Waals surface area contributed by atoms with E-state index < -0.39 is 17.5 Å². The predicted octanol–water partition coefficient (Wildman–Crippen LogP) is 3.37. The van der Waals surface area contributed by atoms with Crippen molar-refractivity contribution in [2.75, 3.05) is 5.32 Å². The van der Waals surface area contributed by atoms with Crippen LogP contribution < -0.4 is 5.32 Å². The summed E-state index contributed by atoms with van der Waals surface area (Å²) < 4.78 is 27.0. The summed E-state index contributed by atoms with van der Waals surface area (Å²) in [5, 5.41) is 2.38. The molecule has 0 radical (unpaired) electrons. The standard InChI is InChI=1S/C12H7BrF2N2O/c13-7-4-5-16-10(6-7)17-12(18)8-2-1-3-9(14)11(8)15/h1-6H,(H,16,17,18). The number of rotatable bonds is 2. The van der Waals surface area contributed by atoms with E-state index in [1.165, 1.54) is 18.3 Å². The number of nitrogens with zero attached hydrogens (tertiary/aromatic N) is 1. The van der Waals surface area contributed by atoms with Crippen LogP contribution in [-0.2, 0) is 0 Å². The van der Waals surface area contributed by atoms with E-state index >= 15 is 0 Å². The molecule has 1 aromatic heterocycles. The first kappa shape index (κ1) is 12.6. The second kappa shape index (κ2) is 5.22. The van der Waals surface area contributed by atoms with E-state index in [1.54, 1.807) is 12.1 Å². The minimum absolute atomic E-state index is 0.248. The SMILES string of the molecule is O=C(Nc1cc(Br)ccn1)c1cccc(F)c1F. The lowest BCUT2D eigenvalue weighted by Gasteiger charge is -2.05. The van der Waals surface area contributed by atoms with Gasteiger partial charge in [-0.05, 0) is 24.3 Å². The number of amides is 1. The normalized spacial score (nSPS) is 10.2. The Morgan fingerprint density at radius 1 is 1.28 bits per heavy atom. The van der Waals surface area contributed by atoms with E-state index in [0.29, 0.717) is 4.47 Å². The number of carbonyl (C=O) groups excluding carboxylic acids is 1. The molecule has 0 atom stereocenters. The molecular weight excluding hydrogens is 306 g/mol. The summed E-state index contributed by atoms with van der Waals surface area (Å²) in [7, 11) is 0. The van der Waals surface area contributed by atoms with E-state index in [-0.39, 0.29) is 11.4 Å². The first-order valence-electron chi connectivity index (χ1n) is 4.95. The first-order valence-corrected chi connectivity index (χ1v) is 5.74. The van der Waals surface area contributed by atoms with Gasteiger partial charge in [-0.2, -0.15) is 0 Å². The van der Waals surface area contributed by atoms with Crippen molar-refractivity contribution in [2.45, 2.75) is 0 Å². The van der Waals surface area contributed by atoms with Crippen LogP contribution in [0.1, 0.15) is 10.4 Å². The molecule has 0 saturated heterocycles. The molecule has 18 heavy (non-hydrogen) atoms. The highest BCUT2D eigenvalue weighted by Crippen LogP contribution is 2.16. The molecule has 0 aliphatic carbocycles.